The zero-order valence-corrected chi connectivity index (χ0v) is 28.1. The minimum atomic E-state index is 0.689. The van der Waals surface area contributed by atoms with Crippen LogP contribution in [0.25, 0.3) is 103 Å². The zero-order valence-electron chi connectivity index (χ0n) is 27.2. The molecule has 0 saturated heterocycles. The summed E-state index contributed by atoms with van der Waals surface area (Å²) in [6.07, 6.45) is 1.65. The highest BCUT2D eigenvalue weighted by Gasteiger charge is 2.18. The van der Waals surface area contributed by atoms with Crippen molar-refractivity contribution in [3.05, 3.63) is 164 Å². The molecule has 0 aliphatic rings. The second kappa shape index (κ2) is 11.0. The van der Waals surface area contributed by atoms with Crippen molar-refractivity contribution in [3.63, 3.8) is 0 Å². The third-order valence-corrected chi connectivity index (χ3v) is 11.3. The van der Waals surface area contributed by atoms with Crippen molar-refractivity contribution in [1.29, 1.82) is 0 Å². The highest BCUT2D eigenvalue weighted by atomic mass is 32.1. The molecule has 51 heavy (non-hydrogen) atoms. The molecule has 0 atom stereocenters. The maximum atomic E-state index is 6.54. The molecule has 0 radical (unpaired) electrons. The summed E-state index contributed by atoms with van der Waals surface area (Å²) >= 11 is 1.86. The first-order valence-corrected chi connectivity index (χ1v) is 17.9. The van der Waals surface area contributed by atoms with Crippen LogP contribution in [0, 0.1) is 0 Å². The third kappa shape index (κ3) is 4.32. The number of furan rings is 1. The maximum absolute atomic E-state index is 6.54. The van der Waals surface area contributed by atoms with Gasteiger partial charge in [-0.05, 0) is 70.8 Å². The number of nitrogens with zero attached hydrogens (tertiary/aromatic N) is 3. The Labute approximate surface area is 296 Å². The highest BCUT2D eigenvalue weighted by molar-refractivity contribution is 7.26. The molecule has 4 aromatic heterocycles. The van der Waals surface area contributed by atoms with Crippen LogP contribution in [0.3, 0.4) is 0 Å². The van der Waals surface area contributed by atoms with Crippen LogP contribution in [0.1, 0.15) is 0 Å². The Hall–Kier alpha value is -6.56. The van der Waals surface area contributed by atoms with Gasteiger partial charge in [0.25, 0.3) is 0 Å². The second-order valence-corrected chi connectivity index (χ2v) is 14.0. The zero-order chi connectivity index (χ0) is 33.5. The Morgan fingerprint density at radius 3 is 1.94 bits per heavy atom. The molecule has 0 saturated carbocycles. The molecule has 0 fully saturated rings. The van der Waals surface area contributed by atoms with Gasteiger partial charge in [0, 0.05) is 47.6 Å². The standard InChI is InChI=1S/C46H27N3OS/c1-4-19-39-34(14-1)35-15-2-5-20-40(35)49(39)32-22-23-41-38(26-32)44-45(50-41)43(47-27-48-44)31-13-8-11-29(25-31)28-10-7-12-30(24-28)33-17-9-18-37-36-16-3-6-21-42(36)51-46(33)37/h1-27H. The fraction of sp³-hybridized carbons (Fsp3) is 0. The molecule has 11 aromatic rings. The summed E-state index contributed by atoms with van der Waals surface area (Å²) in [7, 11) is 0. The lowest BCUT2D eigenvalue weighted by atomic mass is 9.96. The maximum Gasteiger partial charge on any atom is 0.180 e. The van der Waals surface area contributed by atoms with Crippen LogP contribution in [0.5, 0.6) is 0 Å². The smallest absolute Gasteiger partial charge is 0.180 e. The Balaban J connectivity index is 1.02. The van der Waals surface area contributed by atoms with E-state index in [2.05, 4.69) is 162 Å². The Morgan fingerprint density at radius 2 is 1.14 bits per heavy atom. The van der Waals surface area contributed by atoms with Gasteiger partial charge in [0.05, 0.1) is 11.0 Å². The molecule has 0 unspecified atom stereocenters. The van der Waals surface area contributed by atoms with Crippen molar-refractivity contribution in [2.24, 2.45) is 0 Å². The lowest BCUT2D eigenvalue weighted by Crippen LogP contribution is -1.93. The summed E-state index contributed by atoms with van der Waals surface area (Å²) in [5.41, 5.74) is 12.2. The Bertz CT molecular complexity index is 3110. The number of hydrogen-bond donors (Lipinski definition) is 0. The first-order chi connectivity index (χ1) is 25.3. The van der Waals surface area contributed by atoms with Gasteiger partial charge in [0.15, 0.2) is 5.58 Å². The fourth-order valence-electron chi connectivity index (χ4n) is 7.80. The van der Waals surface area contributed by atoms with Gasteiger partial charge in [0.1, 0.15) is 23.1 Å². The van der Waals surface area contributed by atoms with E-state index in [1.165, 1.54) is 53.1 Å². The molecule has 4 heterocycles. The molecule has 0 bridgehead atoms. The Morgan fingerprint density at radius 1 is 0.490 bits per heavy atom. The number of aromatic nitrogens is 3. The molecule has 0 amide bonds. The molecule has 7 aromatic carbocycles. The summed E-state index contributed by atoms with van der Waals surface area (Å²) < 4.78 is 11.5. The monoisotopic (exact) mass is 669 g/mol. The molecular formula is C46H27N3OS. The van der Waals surface area contributed by atoms with Crippen molar-refractivity contribution >= 4 is 75.4 Å². The van der Waals surface area contributed by atoms with Crippen molar-refractivity contribution in [1.82, 2.24) is 14.5 Å². The van der Waals surface area contributed by atoms with Gasteiger partial charge in [-0.3, -0.25) is 0 Å². The fourth-order valence-corrected chi connectivity index (χ4v) is 9.03. The van der Waals surface area contributed by atoms with E-state index >= 15 is 0 Å². The van der Waals surface area contributed by atoms with Crippen LogP contribution in [-0.2, 0) is 0 Å². The minimum absolute atomic E-state index is 0.689. The van der Waals surface area contributed by atoms with Gasteiger partial charge < -0.3 is 8.98 Å². The largest absolute Gasteiger partial charge is 0.452 e. The van der Waals surface area contributed by atoms with Gasteiger partial charge in [-0.1, -0.05) is 109 Å². The summed E-state index contributed by atoms with van der Waals surface area (Å²) in [6.45, 7) is 0. The summed E-state index contributed by atoms with van der Waals surface area (Å²) in [6, 6.07) is 56.2. The summed E-state index contributed by atoms with van der Waals surface area (Å²) in [5.74, 6) is 0. The predicted molar refractivity (Wildman–Crippen MR) is 213 cm³/mol. The molecule has 0 spiro atoms. The molecule has 0 aliphatic carbocycles. The van der Waals surface area contributed by atoms with Crippen LogP contribution in [-0.4, -0.2) is 14.5 Å². The van der Waals surface area contributed by atoms with Crippen LogP contribution in [0.2, 0.25) is 0 Å². The lowest BCUT2D eigenvalue weighted by molar-refractivity contribution is 0.667. The number of fused-ring (bicyclic) bond motifs is 9. The quantitative estimate of drug-likeness (QED) is 0.187. The number of thiophene rings is 1. The molecule has 4 nitrogen and oxygen atoms in total. The lowest BCUT2D eigenvalue weighted by Gasteiger charge is -2.09. The van der Waals surface area contributed by atoms with E-state index in [9.17, 15) is 0 Å². The van der Waals surface area contributed by atoms with E-state index in [0.29, 0.717) is 5.58 Å². The normalized spacial score (nSPS) is 11.9. The van der Waals surface area contributed by atoms with Crippen molar-refractivity contribution < 1.29 is 4.42 Å². The van der Waals surface area contributed by atoms with Gasteiger partial charge in [0.2, 0.25) is 0 Å². The average Bonchev–Trinajstić information content (AvgIpc) is 3.87. The number of rotatable bonds is 4. The minimum Gasteiger partial charge on any atom is -0.452 e. The number of para-hydroxylation sites is 2. The van der Waals surface area contributed by atoms with E-state index in [1.54, 1.807) is 6.33 Å². The van der Waals surface area contributed by atoms with Crippen molar-refractivity contribution in [3.8, 4) is 39.2 Å². The van der Waals surface area contributed by atoms with Crippen molar-refractivity contribution in [2.75, 3.05) is 0 Å². The average molecular weight is 670 g/mol. The molecule has 238 valence electrons. The topological polar surface area (TPSA) is 43.9 Å². The molecular weight excluding hydrogens is 643 g/mol. The van der Waals surface area contributed by atoms with E-state index in [-0.39, 0.29) is 0 Å². The summed E-state index contributed by atoms with van der Waals surface area (Å²) in [4.78, 5) is 9.53. The molecule has 5 heteroatoms. The first kappa shape index (κ1) is 28.3. The van der Waals surface area contributed by atoms with Crippen molar-refractivity contribution in [2.45, 2.75) is 0 Å². The molecule has 11 rings (SSSR count). The van der Waals surface area contributed by atoms with Gasteiger partial charge in [-0.25, -0.2) is 9.97 Å². The van der Waals surface area contributed by atoms with Gasteiger partial charge in [-0.2, -0.15) is 0 Å². The SMILES string of the molecule is c1cc(-c2cccc(-c3cccc4c3sc3ccccc34)c2)cc(-c2ncnc3c2oc2ccc(-n4c5ccccc5c5ccccc54)cc23)c1. The Kier molecular flexibility index (Phi) is 6.09. The molecule has 0 aliphatic heterocycles. The van der Waals surface area contributed by atoms with E-state index in [4.69, 9.17) is 14.4 Å². The van der Waals surface area contributed by atoms with Crippen LogP contribution in [0.15, 0.2) is 168 Å². The predicted octanol–water partition coefficient (Wildman–Crippen LogP) is 12.8. The van der Waals surface area contributed by atoms with Crippen LogP contribution in [0.4, 0.5) is 0 Å². The van der Waals surface area contributed by atoms with E-state index < -0.39 is 0 Å². The first-order valence-electron chi connectivity index (χ1n) is 17.1. The highest BCUT2D eigenvalue weighted by Crippen LogP contribution is 2.41. The third-order valence-electron chi connectivity index (χ3n) is 10.1. The van der Waals surface area contributed by atoms with E-state index in [1.807, 2.05) is 11.3 Å². The van der Waals surface area contributed by atoms with Crippen LogP contribution < -0.4 is 0 Å². The van der Waals surface area contributed by atoms with Gasteiger partial charge in [-0.15, -0.1) is 11.3 Å². The second-order valence-electron chi connectivity index (χ2n) is 13.0. The molecule has 0 N–H and O–H groups in total. The van der Waals surface area contributed by atoms with E-state index in [0.717, 1.165) is 44.6 Å². The van der Waals surface area contributed by atoms with Crippen LogP contribution >= 0.6 is 11.3 Å². The number of benzene rings is 7. The van der Waals surface area contributed by atoms with Gasteiger partial charge >= 0.3 is 0 Å². The number of hydrogen-bond acceptors (Lipinski definition) is 4. The summed E-state index contributed by atoms with van der Waals surface area (Å²) in [5, 5.41) is 6.05.